The Bertz CT molecular complexity index is 1140. The first-order valence-corrected chi connectivity index (χ1v) is 23.2. The van der Waals surface area contributed by atoms with Gasteiger partial charge in [-0.05, 0) is 59.3 Å². The third-order valence-corrected chi connectivity index (χ3v) is 12.4. The van der Waals surface area contributed by atoms with E-state index in [0.717, 1.165) is 51.4 Å². The fourth-order valence-electron chi connectivity index (χ4n) is 8.39. The van der Waals surface area contributed by atoms with Crippen LogP contribution in [0.2, 0.25) is 0 Å². The third kappa shape index (κ3) is 20.4. The molecule has 1 saturated carbocycles. The first kappa shape index (κ1) is 51.4. The molecule has 1 aliphatic heterocycles. The Kier molecular flexibility index (Phi) is 26.6. The Morgan fingerprint density at radius 2 is 1.28 bits per heavy atom. The highest BCUT2D eigenvalue weighted by Crippen LogP contribution is 2.55. The molecule has 2 rings (SSSR count). The molecule has 1 saturated heterocycles. The van der Waals surface area contributed by atoms with Gasteiger partial charge < -0.3 is 33.9 Å². The van der Waals surface area contributed by atoms with Crippen LogP contribution >= 0.6 is 11.6 Å². The highest BCUT2D eigenvalue weighted by molar-refractivity contribution is 6.18. The van der Waals surface area contributed by atoms with E-state index in [1.54, 1.807) is 7.11 Å². The van der Waals surface area contributed by atoms with Crippen molar-refractivity contribution in [2.24, 2.45) is 5.92 Å². The summed E-state index contributed by atoms with van der Waals surface area (Å²) in [6, 6.07) is 0. The summed E-state index contributed by atoms with van der Waals surface area (Å²) < 4.78 is 28.6. The zero-order chi connectivity index (χ0) is 41.9. The molecular formula is C46H81ClO10. The number of alkyl halides is 1. The summed E-state index contributed by atoms with van der Waals surface area (Å²) in [5.41, 5.74) is -0.608. The molecule has 2 unspecified atom stereocenters. The molecule has 332 valence electrons. The van der Waals surface area contributed by atoms with Crippen LogP contribution in [0.3, 0.4) is 0 Å². The minimum atomic E-state index is -1.18. The average molecular weight is 830 g/mol. The molecule has 2 fully saturated rings. The monoisotopic (exact) mass is 829 g/mol. The molecule has 0 aromatic carbocycles. The lowest BCUT2D eigenvalue weighted by molar-refractivity contribution is -0.192. The second-order valence-corrected chi connectivity index (χ2v) is 17.5. The Labute approximate surface area is 350 Å². The highest BCUT2D eigenvalue weighted by Gasteiger charge is 2.67. The van der Waals surface area contributed by atoms with Gasteiger partial charge in [0.25, 0.3) is 0 Å². The highest BCUT2D eigenvalue weighted by atomic mass is 35.5. The molecule has 1 aliphatic carbocycles. The van der Waals surface area contributed by atoms with Gasteiger partial charge in [0.15, 0.2) is 6.10 Å². The molecule has 57 heavy (non-hydrogen) atoms. The molecule has 1 heterocycles. The number of epoxide rings is 1. The number of aliphatic hydroxyl groups is 2. The van der Waals surface area contributed by atoms with Gasteiger partial charge in [-0.2, -0.15) is 0 Å². The van der Waals surface area contributed by atoms with E-state index in [2.05, 4.69) is 13.0 Å². The molecule has 7 atom stereocenters. The van der Waals surface area contributed by atoms with Crippen molar-refractivity contribution in [1.29, 1.82) is 0 Å². The lowest BCUT2D eigenvalue weighted by atomic mass is 9.66. The van der Waals surface area contributed by atoms with E-state index in [-0.39, 0.29) is 37.0 Å². The summed E-state index contributed by atoms with van der Waals surface area (Å²) in [5.74, 6) is -1.39. The van der Waals surface area contributed by atoms with Crippen LogP contribution in [0.25, 0.3) is 0 Å². The second-order valence-electron chi connectivity index (χ2n) is 17.2. The van der Waals surface area contributed by atoms with Crippen LogP contribution in [0.5, 0.6) is 0 Å². The number of rotatable bonds is 34. The van der Waals surface area contributed by atoms with E-state index < -0.39 is 48.0 Å². The molecule has 2 N–H and O–H groups in total. The number of methoxy groups -OCH3 is 1. The lowest BCUT2D eigenvalue weighted by Crippen LogP contribution is -2.61. The van der Waals surface area contributed by atoms with Crippen LogP contribution in [0.15, 0.2) is 11.6 Å². The number of allylic oxidation sites excluding steroid dienone is 1. The smallest absolute Gasteiger partial charge is 0.306 e. The molecule has 0 aromatic rings. The van der Waals surface area contributed by atoms with E-state index >= 15 is 0 Å². The average Bonchev–Trinajstić information content (AvgIpc) is 3.86. The summed E-state index contributed by atoms with van der Waals surface area (Å²) in [7, 11) is 1.58. The van der Waals surface area contributed by atoms with Crippen LogP contribution in [0.4, 0.5) is 0 Å². The van der Waals surface area contributed by atoms with Gasteiger partial charge >= 0.3 is 17.9 Å². The normalized spacial score (nSPS) is 24.8. The Balaban J connectivity index is 1.51. The maximum Gasteiger partial charge on any atom is 0.306 e. The van der Waals surface area contributed by atoms with E-state index in [4.69, 9.17) is 35.3 Å². The van der Waals surface area contributed by atoms with Crippen LogP contribution < -0.4 is 0 Å². The molecule has 0 radical (unpaired) electrons. The maximum absolute atomic E-state index is 12.9. The molecule has 0 amide bonds. The maximum atomic E-state index is 12.9. The van der Waals surface area contributed by atoms with Crippen molar-refractivity contribution in [1.82, 2.24) is 0 Å². The number of hydrogen-bond donors (Lipinski definition) is 2. The Morgan fingerprint density at radius 3 is 1.75 bits per heavy atom. The minimum Gasteiger partial charge on any atom is -0.462 e. The molecule has 11 heteroatoms. The van der Waals surface area contributed by atoms with Gasteiger partial charge in [0, 0.05) is 26.4 Å². The van der Waals surface area contributed by atoms with Gasteiger partial charge in [0.1, 0.15) is 24.4 Å². The number of carbonyl (C=O) groups excluding carboxylic acids is 3. The first-order valence-electron chi connectivity index (χ1n) is 22.7. The predicted molar refractivity (Wildman–Crippen MR) is 226 cm³/mol. The van der Waals surface area contributed by atoms with Gasteiger partial charge in [0.05, 0.1) is 30.1 Å². The standard InChI is InChI=1S/C46H81ClO10/c1-6-7-8-9-10-11-12-13-14-15-16-17-20-23-26-40(49)54-34-37(33-48)55-41(50)27-24-21-18-19-22-25-28-42(51)56-38-31-32-46(52,35-47)44(43(38)53-5)45(4)39(57-45)30-29-36(2)3/h29,37-39,43-44,48,52H,6-28,30-35H2,1-5H3/t37?,38-,39?,43-,44-,45+,46+/m1/s1. The number of esters is 3. The number of aliphatic hydroxyl groups excluding tert-OH is 1. The van der Waals surface area contributed by atoms with Gasteiger partial charge in [-0.1, -0.05) is 128 Å². The topological polar surface area (TPSA) is 141 Å². The van der Waals surface area contributed by atoms with Crippen molar-refractivity contribution < 1.29 is 48.3 Å². The number of halogens is 1. The van der Waals surface area contributed by atoms with Gasteiger partial charge in [0.2, 0.25) is 0 Å². The molecule has 0 aromatic heterocycles. The summed E-state index contributed by atoms with van der Waals surface area (Å²) in [6.45, 7) is 7.81. The fourth-order valence-corrected chi connectivity index (χ4v) is 8.69. The molecular weight excluding hydrogens is 748 g/mol. The molecule has 0 spiro atoms. The van der Waals surface area contributed by atoms with Crippen molar-refractivity contribution in [3.63, 3.8) is 0 Å². The summed E-state index contributed by atoms with van der Waals surface area (Å²) in [5, 5.41) is 21.2. The summed E-state index contributed by atoms with van der Waals surface area (Å²) in [6.07, 6.45) is 25.1. The lowest BCUT2D eigenvalue weighted by Gasteiger charge is -2.48. The van der Waals surface area contributed by atoms with Crippen molar-refractivity contribution >= 4 is 29.5 Å². The second kappa shape index (κ2) is 29.5. The van der Waals surface area contributed by atoms with E-state index in [1.165, 1.54) is 76.2 Å². The number of carbonyl (C=O) groups is 3. The molecule has 2 aliphatic rings. The predicted octanol–water partition coefficient (Wildman–Crippen LogP) is 10.2. The van der Waals surface area contributed by atoms with Crippen LogP contribution in [-0.4, -0.2) is 89.9 Å². The number of ether oxygens (including phenoxy) is 5. The Hall–Kier alpha value is -1.72. The van der Waals surface area contributed by atoms with Crippen molar-refractivity contribution in [2.45, 2.75) is 230 Å². The quantitative estimate of drug-likeness (QED) is 0.0161. The summed E-state index contributed by atoms with van der Waals surface area (Å²) in [4.78, 5) is 37.4. The van der Waals surface area contributed by atoms with Crippen molar-refractivity contribution in [3.8, 4) is 0 Å². The van der Waals surface area contributed by atoms with Crippen molar-refractivity contribution in [2.75, 3.05) is 26.2 Å². The van der Waals surface area contributed by atoms with Crippen LogP contribution in [-0.2, 0) is 38.1 Å². The van der Waals surface area contributed by atoms with Gasteiger partial charge in [-0.25, -0.2) is 0 Å². The Morgan fingerprint density at radius 1 is 0.789 bits per heavy atom. The van der Waals surface area contributed by atoms with E-state index in [9.17, 15) is 24.6 Å². The SMILES string of the molecule is CCCCCCCCCCCCCCCCC(=O)OCC(CO)OC(=O)CCCCCCCCC(=O)O[C@@H]1CC[C@](O)(CCl)[C@@H]([C@@]2(C)OC2CC=C(C)C)[C@@H]1OC. The molecule has 10 nitrogen and oxygen atoms in total. The minimum absolute atomic E-state index is 0.0492. The van der Waals surface area contributed by atoms with Gasteiger partial charge in [-0.15, -0.1) is 11.6 Å². The number of unbranched alkanes of at least 4 members (excludes halogenated alkanes) is 18. The van der Waals surface area contributed by atoms with E-state index in [0.29, 0.717) is 38.5 Å². The van der Waals surface area contributed by atoms with Crippen LogP contribution in [0.1, 0.15) is 195 Å². The van der Waals surface area contributed by atoms with E-state index in [1.807, 2.05) is 20.8 Å². The zero-order valence-electron chi connectivity index (χ0n) is 36.5. The first-order chi connectivity index (χ1) is 27.4. The van der Waals surface area contributed by atoms with Crippen molar-refractivity contribution in [3.05, 3.63) is 11.6 Å². The molecule has 0 bridgehead atoms. The largest absolute Gasteiger partial charge is 0.462 e. The third-order valence-electron chi connectivity index (χ3n) is 11.9. The van der Waals surface area contributed by atoms with Gasteiger partial charge in [-0.3, -0.25) is 14.4 Å². The zero-order valence-corrected chi connectivity index (χ0v) is 37.3. The number of hydrogen-bond acceptors (Lipinski definition) is 10. The summed E-state index contributed by atoms with van der Waals surface area (Å²) >= 11 is 6.31. The van der Waals surface area contributed by atoms with Crippen LogP contribution in [0, 0.1) is 5.92 Å². The fraction of sp³-hybridized carbons (Fsp3) is 0.891.